The predicted molar refractivity (Wildman–Crippen MR) is 221 cm³/mol. The van der Waals surface area contributed by atoms with Gasteiger partial charge in [0.2, 0.25) is 0 Å². The van der Waals surface area contributed by atoms with Gasteiger partial charge in [0.25, 0.3) is 0 Å². The van der Waals surface area contributed by atoms with Crippen molar-refractivity contribution in [1.29, 1.82) is 10.5 Å². The molecule has 0 amide bonds. The molecule has 0 spiro atoms. The van der Waals surface area contributed by atoms with Crippen molar-refractivity contribution in [2.45, 2.75) is 53.1 Å². The Labute approximate surface area is 356 Å². The van der Waals surface area contributed by atoms with Gasteiger partial charge >= 0.3 is 24.3 Å². The number of aliphatic hydroxyl groups is 1. The fourth-order valence-corrected chi connectivity index (χ4v) is 7.07. The van der Waals surface area contributed by atoms with Gasteiger partial charge in [0.1, 0.15) is 17.9 Å². The molecule has 0 aliphatic carbocycles. The standard InChI is InChI=1S/C23H18ClF3N2O2.C23H19F3N2O3/c1-3-31-22(30)18(11-28)21(24)19-13-29(20-7-5-4-6-17(19)20)12-15-8-14(2)9-16(10-15)23(25,26)27;1-3-31-22(30)18(11-27)21(29)19-13-28(20-7-5-4-6-17(19)20)12-15-8-14(2)9-16(10-15)23(24,25)26/h4-10,13H,3,12H2,1-2H3;4-10,13,29H,3,12H2,1-2H3/b2*21-18-. The van der Waals surface area contributed by atoms with Crippen molar-refractivity contribution < 1.29 is 50.5 Å². The quantitative estimate of drug-likeness (QED) is 0.0477. The molecular formula is C46H37ClF6N4O5. The highest BCUT2D eigenvalue weighted by Crippen LogP contribution is 2.35. The zero-order valence-corrected chi connectivity index (χ0v) is 34.3. The first-order chi connectivity index (χ1) is 29.3. The van der Waals surface area contributed by atoms with Gasteiger partial charge in [-0.15, -0.1) is 0 Å². The van der Waals surface area contributed by atoms with Crippen molar-refractivity contribution in [2.24, 2.45) is 0 Å². The average Bonchev–Trinajstić information content (AvgIpc) is 3.76. The highest BCUT2D eigenvalue weighted by molar-refractivity contribution is 6.52. The van der Waals surface area contributed by atoms with E-state index in [0.717, 1.165) is 24.3 Å². The summed E-state index contributed by atoms with van der Waals surface area (Å²) in [7, 11) is 0. The van der Waals surface area contributed by atoms with Crippen LogP contribution in [0.25, 0.3) is 32.6 Å². The predicted octanol–water partition coefficient (Wildman–Crippen LogP) is 11.4. The van der Waals surface area contributed by atoms with Crippen LogP contribution in [0.5, 0.6) is 0 Å². The summed E-state index contributed by atoms with van der Waals surface area (Å²) in [5.74, 6) is -2.33. The molecule has 6 rings (SSSR count). The Balaban J connectivity index is 0.000000234. The van der Waals surface area contributed by atoms with Crippen LogP contribution in [0.1, 0.15) is 58.4 Å². The summed E-state index contributed by atoms with van der Waals surface area (Å²) >= 11 is 6.40. The van der Waals surface area contributed by atoms with E-state index in [1.165, 1.54) is 6.20 Å². The van der Waals surface area contributed by atoms with Crippen LogP contribution in [0, 0.1) is 36.5 Å². The first-order valence-corrected chi connectivity index (χ1v) is 19.2. The monoisotopic (exact) mass is 874 g/mol. The third-order valence-corrected chi connectivity index (χ3v) is 9.74. The number of carbonyl (C=O) groups excluding carboxylic acids is 2. The number of aliphatic hydroxyl groups excluding tert-OH is 1. The number of para-hydroxylation sites is 2. The minimum absolute atomic E-state index is 0.0357. The first kappa shape index (κ1) is 46.1. The highest BCUT2D eigenvalue weighted by atomic mass is 35.5. The second-order valence-electron chi connectivity index (χ2n) is 13.9. The van der Waals surface area contributed by atoms with E-state index in [0.29, 0.717) is 49.6 Å². The molecule has 1 N–H and O–H groups in total. The van der Waals surface area contributed by atoms with E-state index >= 15 is 0 Å². The lowest BCUT2D eigenvalue weighted by Crippen LogP contribution is -2.08. The Morgan fingerprint density at radius 1 is 0.661 bits per heavy atom. The smallest absolute Gasteiger partial charge is 0.416 e. The molecular weight excluding hydrogens is 838 g/mol. The third-order valence-electron chi connectivity index (χ3n) is 9.34. The van der Waals surface area contributed by atoms with Gasteiger partial charge in [0.05, 0.1) is 29.4 Å². The van der Waals surface area contributed by atoms with E-state index < -0.39 is 46.8 Å². The number of esters is 2. The number of rotatable bonds is 10. The van der Waals surface area contributed by atoms with Crippen LogP contribution in [0.3, 0.4) is 0 Å². The Hall–Kier alpha value is -6.97. The molecule has 0 fully saturated rings. The molecule has 320 valence electrons. The van der Waals surface area contributed by atoms with Crippen molar-refractivity contribution in [3.05, 3.63) is 153 Å². The molecule has 0 unspecified atom stereocenters. The van der Waals surface area contributed by atoms with E-state index in [9.17, 15) is 51.6 Å². The molecule has 9 nitrogen and oxygen atoms in total. The Morgan fingerprint density at radius 2 is 1.06 bits per heavy atom. The van der Waals surface area contributed by atoms with E-state index in [4.69, 9.17) is 21.1 Å². The number of halogens is 7. The number of hydrogen-bond acceptors (Lipinski definition) is 7. The molecule has 0 saturated heterocycles. The second kappa shape index (κ2) is 19.2. The zero-order valence-electron chi connectivity index (χ0n) is 33.6. The number of alkyl halides is 6. The molecule has 6 aromatic rings. The minimum Gasteiger partial charge on any atom is -0.506 e. The van der Waals surface area contributed by atoms with E-state index in [1.54, 1.807) is 116 Å². The van der Waals surface area contributed by atoms with Crippen molar-refractivity contribution in [1.82, 2.24) is 9.13 Å². The van der Waals surface area contributed by atoms with Crippen LogP contribution >= 0.6 is 11.6 Å². The minimum atomic E-state index is -4.47. The van der Waals surface area contributed by atoms with Crippen molar-refractivity contribution >= 4 is 56.1 Å². The average molecular weight is 875 g/mol. The largest absolute Gasteiger partial charge is 0.506 e. The van der Waals surface area contributed by atoms with Crippen molar-refractivity contribution in [3.63, 3.8) is 0 Å². The van der Waals surface area contributed by atoms with Gasteiger partial charge in [-0.1, -0.05) is 71.3 Å². The van der Waals surface area contributed by atoms with Gasteiger partial charge in [0.15, 0.2) is 11.1 Å². The number of aromatic nitrogens is 2. The van der Waals surface area contributed by atoms with Gasteiger partial charge in [-0.25, -0.2) is 9.59 Å². The molecule has 2 aromatic heterocycles. The maximum absolute atomic E-state index is 13.2. The topological polar surface area (TPSA) is 130 Å². The molecule has 4 aromatic carbocycles. The van der Waals surface area contributed by atoms with Crippen LogP contribution in [-0.4, -0.2) is 39.4 Å². The van der Waals surface area contributed by atoms with E-state index in [-0.39, 0.29) is 42.5 Å². The lowest BCUT2D eigenvalue weighted by molar-refractivity contribution is -0.138. The lowest BCUT2D eigenvalue weighted by atomic mass is 10.1. The molecule has 0 aliphatic rings. The number of carbonyl (C=O) groups is 2. The summed E-state index contributed by atoms with van der Waals surface area (Å²) in [5, 5.41) is 30.5. The number of benzene rings is 4. The first-order valence-electron chi connectivity index (χ1n) is 18.8. The summed E-state index contributed by atoms with van der Waals surface area (Å²) in [5.41, 5.74) is 1.48. The second-order valence-corrected chi connectivity index (χ2v) is 14.2. The maximum atomic E-state index is 13.2. The Bertz CT molecular complexity index is 2630. The lowest BCUT2D eigenvalue weighted by Gasteiger charge is -2.12. The number of hydrogen-bond donors (Lipinski definition) is 1. The van der Waals surface area contributed by atoms with Gasteiger partial charge in [0, 0.05) is 58.4 Å². The molecule has 16 heteroatoms. The Morgan fingerprint density at radius 3 is 1.48 bits per heavy atom. The van der Waals surface area contributed by atoms with Crippen LogP contribution in [0.2, 0.25) is 0 Å². The van der Waals surface area contributed by atoms with Gasteiger partial charge in [-0.2, -0.15) is 36.9 Å². The normalized spacial score (nSPS) is 12.4. The summed E-state index contributed by atoms with van der Waals surface area (Å²) < 4.78 is 92.3. The SMILES string of the molecule is CCOC(=O)/C(C#N)=C(\Cl)c1cn(Cc2cc(C)cc(C(F)(F)F)c2)c2ccccc12.CCOC(=O)/C(C#N)=C(\O)c1cn(Cc2cc(C)cc(C(F)(F)F)c2)c2ccccc12. The summed E-state index contributed by atoms with van der Waals surface area (Å²) in [6.45, 7) is 6.76. The summed E-state index contributed by atoms with van der Waals surface area (Å²) in [6, 6.07) is 25.1. The number of ether oxygens (including phenoxy) is 2. The third kappa shape index (κ3) is 10.5. The molecule has 2 heterocycles. The number of fused-ring (bicyclic) bond motifs is 2. The van der Waals surface area contributed by atoms with Gasteiger partial charge in [-0.05, 0) is 75.2 Å². The van der Waals surface area contributed by atoms with Crippen LogP contribution < -0.4 is 0 Å². The van der Waals surface area contributed by atoms with Crippen molar-refractivity contribution in [2.75, 3.05) is 13.2 Å². The fourth-order valence-electron chi connectivity index (χ4n) is 6.80. The molecule has 62 heavy (non-hydrogen) atoms. The number of nitriles is 2. The molecule has 0 saturated carbocycles. The number of nitrogens with zero attached hydrogens (tertiary/aromatic N) is 4. The fraction of sp³-hybridized carbons (Fsp3) is 0.217. The number of aryl methyl sites for hydroxylation is 2. The molecule has 0 bridgehead atoms. The van der Waals surface area contributed by atoms with Gasteiger partial charge < -0.3 is 23.7 Å². The van der Waals surface area contributed by atoms with Crippen LogP contribution in [0.15, 0.2) is 108 Å². The highest BCUT2D eigenvalue weighted by Gasteiger charge is 2.32. The van der Waals surface area contributed by atoms with Crippen LogP contribution in [-0.2, 0) is 44.5 Å². The molecule has 0 aliphatic heterocycles. The molecule has 0 radical (unpaired) electrons. The Kier molecular flexibility index (Phi) is 14.3. The van der Waals surface area contributed by atoms with E-state index in [2.05, 4.69) is 0 Å². The molecule has 0 atom stereocenters. The maximum Gasteiger partial charge on any atom is 0.416 e. The van der Waals surface area contributed by atoms with Gasteiger partial charge in [-0.3, -0.25) is 0 Å². The van der Waals surface area contributed by atoms with Crippen molar-refractivity contribution in [3.8, 4) is 12.1 Å². The zero-order chi connectivity index (χ0) is 45.5. The van der Waals surface area contributed by atoms with E-state index in [1.807, 2.05) is 0 Å². The van der Waals surface area contributed by atoms with Crippen LogP contribution in [0.4, 0.5) is 26.3 Å². The summed E-state index contributed by atoms with van der Waals surface area (Å²) in [6.07, 6.45) is -5.78. The summed E-state index contributed by atoms with van der Waals surface area (Å²) in [4.78, 5) is 24.1.